The van der Waals surface area contributed by atoms with Crippen molar-refractivity contribution < 1.29 is 4.79 Å². The molecule has 2 fully saturated rings. The minimum Gasteiger partial charge on any atom is -0.318 e. The van der Waals surface area contributed by atoms with Crippen molar-refractivity contribution in [3.8, 4) is 0 Å². The molecule has 1 N–H and O–H groups in total. The van der Waals surface area contributed by atoms with Crippen LogP contribution < -0.4 is 5.32 Å². The lowest BCUT2D eigenvalue weighted by Gasteiger charge is -2.37. The smallest absolute Gasteiger partial charge is 0.240 e. The number of piperidine rings is 1. The molecular weight excluding hydrogens is 238 g/mol. The van der Waals surface area contributed by atoms with Crippen molar-refractivity contribution in [2.45, 2.75) is 38.1 Å². The molecule has 2 aliphatic heterocycles. The molecule has 0 aromatic carbocycles. The molecule has 0 bridgehead atoms. The minimum atomic E-state index is 0.265. The highest BCUT2D eigenvalue weighted by Gasteiger charge is 2.36. The number of likely N-dealkylation sites (tertiary alicyclic amines) is 1. The Morgan fingerprint density at radius 3 is 3.16 bits per heavy atom. The maximum absolute atomic E-state index is 12.4. The summed E-state index contributed by atoms with van der Waals surface area (Å²) in [5.41, 5.74) is 1.23. The second-order valence-corrected chi connectivity index (χ2v) is 6.14. The van der Waals surface area contributed by atoms with Gasteiger partial charge in [0.25, 0.3) is 0 Å². The van der Waals surface area contributed by atoms with Crippen molar-refractivity contribution in [2.24, 2.45) is 5.92 Å². The van der Waals surface area contributed by atoms with Crippen molar-refractivity contribution >= 4 is 5.91 Å². The molecule has 0 aromatic heterocycles. The molecule has 106 valence electrons. The zero-order valence-corrected chi connectivity index (χ0v) is 11.9. The van der Waals surface area contributed by atoms with Gasteiger partial charge in [0.2, 0.25) is 5.91 Å². The summed E-state index contributed by atoms with van der Waals surface area (Å²) in [5.74, 6) is 1.03. The van der Waals surface area contributed by atoms with E-state index in [1.165, 1.54) is 25.0 Å². The number of fused-ring (bicyclic) bond motifs is 1. The van der Waals surface area contributed by atoms with E-state index in [0.29, 0.717) is 12.6 Å². The SMILES string of the molecule is CN(C(=O)CN1CCCC2CNCC21)C1=CCCC1. The van der Waals surface area contributed by atoms with Gasteiger partial charge in [-0.05, 0) is 51.1 Å². The Hall–Kier alpha value is -0.870. The standard InChI is InChI=1S/C15H25N3O/c1-17(13-6-2-3-7-13)15(19)11-18-8-4-5-12-9-16-10-14(12)18/h6,12,14,16H,2-5,7-11H2,1H3. The Morgan fingerprint density at radius 2 is 2.37 bits per heavy atom. The fourth-order valence-corrected chi connectivity index (χ4v) is 3.76. The molecule has 2 unspecified atom stereocenters. The topological polar surface area (TPSA) is 35.6 Å². The second-order valence-electron chi connectivity index (χ2n) is 6.14. The first-order chi connectivity index (χ1) is 9.25. The summed E-state index contributed by atoms with van der Waals surface area (Å²) in [6.45, 7) is 3.87. The first-order valence-electron chi connectivity index (χ1n) is 7.66. The summed E-state index contributed by atoms with van der Waals surface area (Å²) in [6, 6.07) is 0.587. The Kier molecular flexibility index (Phi) is 3.89. The third kappa shape index (κ3) is 2.70. The van der Waals surface area contributed by atoms with Crippen LogP contribution in [0, 0.1) is 5.92 Å². The van der Waals surface area contributed by atoms with Crippen LogP contribution in [0.25, 0.3) is 0 Å². The summed E-state index contributed by atoms with van der Waals surface area (Å²) < 4.78 is 0. The van der Waals surface area contributed by atoms with Gasteiger partial charge >= 0.3 is 0 Å². The summed E-state index contributed by atoms with van der Waals surface area (Å²) in [4.78, 5) is 16.7. The monoisotopic (exact) mass is 263 g/mol. The van der Waals surface area contributed by atoms with Crippen LogP contribution >= 0.6 is 0 Å². The molecule has 4 nitrogen and oxygen atoms in total. The summed E-state index contributed by atoms with van der Waals surface area (Å²) in [6.07, 6.45) is 8.17. The molecule has 1 amide bonds. The van der Waals surface area contributed by atoms with Gasteiger partial charge in [0.05, 0.1) is 6.54 Å². The number of carbonyl (C=O) groups is 1. The number of rotatable bonds is 3. The van der Waals surface area contributed by atoms with Gasteiger partial charge in [-0.25, -0.2) is 0 Å². The molecule has 0 spiro atoms. The molecule has 0 aromatic rings. The van der Waals surface area contributed by atoms with Gasteiger partial charge in [0.15, 0.2) is 0 Å². The van der Waals surface area contributed by atoms with Crippen LogP contribution in [-0.2, 0) is 4.79 Å². The maximum Gasteiger partial charge on any atom is 0.240 e. The van der Waals surface area contributed by atoms with Crippen LogP contribution in [0.2, 0.25) is 0 Å². The predicted octanol–water partition coefficient (Wildman–Crippen LogP) is 1.20. The van der Waals surface area contributed by atoms with Crippen LogP contribution in [0.15, 0.2) is 11.8 Å². The fourth-order valence-electron chi connectivity index (χ4n) is 3.76. The Bertz CT molecular complexity index is 380. The van der Waals surface area contributed by atoms with E-state index in [4.69, 9.17) is 0 Å². The minimum absolute atomic E-state index is 0.265. The lowest BCUT2D eigenvalue weighted by Crippen LogP contribution is -2.49. The van der Waals surface area contributed by atoms with Crippen molar-refractivity contribution in [1.29, 1.82) is 0 Å². The Morgan fingerprint density at radius 1 is 1.47 bits per heavy atom. The number of allylic oxidation sites excluding steroid dienone is 2. The van der Waals surface area contributed by atoms with Crippen molar-refractivity contribution in [2.75, 3.05) is 33.2 Å². The van der Waals surface area contributed by atoms with E-state index in [1.807, 2.05) is 11.9 Å². The van der Waals surface area contributed by atoms with Gasteiger partial charge in [-0.3, -0.25) is 9.69 Å². The molecule has 0 saturated carbocycles. The van der Waals surface area contributed by atoms with Crippen LogP contribution in [-0.4, -0.2) is 55.0 Å². The lowest BCUT2D eigenvalue weighted by atomic mass is 9.92. The molecule has 3 rings (SSSR count). The van der Waals surface area contributed by atoms with Crippen LogP contribution in [0.4, 0.5) is 0 Å². The van der Waals surface area contributed by atoms with Gasteiger partial charge in [-0.2, -0.15) is 0 Å². The van der Waals surface area contributed by atoms with E-state index < -0.39 is 0 Å². The molecular formula is C15H25N3O. The van der Waals surface area contributed by atoms with Gasteiger partial charge in [0, 0.05) is 25.3 Å². The second kappa shape index (κ2) is 5.63. The number of hydrogen-bond acceptors (Lipinski definition) is 3. The third-order valence-electron chi connectivity index (χ3n) is 4.95. The van der Waals surface area contributed by atoms with Crippen molar-refractivity contribution in [3.05, 3.63) is 11.8 Å². The average Bonchev–Trinajstić information content (AvgIpc) is 3.09. The molecule has 4 heteroatoms. The number of likely N-dealkylation sites (N-methyl/N-ethyl adjacent to an activating group) is 1. The lowest BCUT2D eigenvalue weighted by molar-refractivity contribution is -0.130. The van der Waals surface area contributed by atoms with Crippen molar-refractivity contribution in [1.82, 2.24) is 15.1 Å². The molecule has 2 atom stereocenters. The van der Waals surface area contributed by atoms with Gasteiger partial charge in [-0.15, -0.1) is 0 Å². The summed E-state index contributed by atoms with van der Waals surface area (Å²) >= 11 is 0. The molecule has 19 heavy (non-hydrogen) atoms. The van der Waals surface area contributed by atoms with Gasteiger partial charge in [-0.1, -0.05) is 6.08 Å². The molecule has 2 saturated heterocycles. The first-order valence-corrected chi connectivity index (χ1v) is 7.66. The number of nitrogens with zero attached hydrogens (tertiary/aromatic N) is 2. The fraction of sp³-hybridized carbons (Fsp3) is 0.800. The number of amides is 1. The van der Waals surface area contributed by atoms with Gasteiger partial charge < -0.3 is 10.2 Å². The Balaban J connectivity index is 1.59. The predicted molar refractivity (Wildman–Crippen MR) is 75.7 cm³/mol. The number of nitrogens with one attached hydrogen (secondary N) is 1. The van der Waals surface area contributed by atoms with Crippen LogP contribution in [0.3, 0.4) is 0 Å². The molecule has 0 radical (unpaired) electrons. The maximum atomic E-state index is 12.4. The Labute approximate surface area is 115 Å². The van der Waals surface area contributed by atoms with Crippen molar-refractivity contribution in [3.63, 3.8) is 0 Å². The highest BCUT2D eigenvalue weighted by atomic mass is 16.2. The zero-order chi connectivity index (χ0) is 13.2. The zero-order valence-electron chi connectivity index (χ0n) is 11.9. The molecule has 3 aliphatic rings. The first kappa shape index (κ1) is 13.1. The highest BCUT2D eigenvalue weighted by molar-refractivity contribution is 5.79. The summed E-state index contributed by atoms with van der Waals surface area (Å²) in [7, 11) is 1.94. The van der Waals surface area contributed by atoms with Crippen LogP contribution in [0.1, 0.15) is 32.1 Å². The average molecular weight is 263 g/mol. The largest absolute Gasteiger partial charge is 0.318 e. The van der Waals surface area contributed by atoms with E-state index in [2.05, 4.69) is 16.3 Å². The van der Waals surface area contributed by atoms with Crippen LogP contribution in [0.5, 0.6) is 0 Å². The van der Waals surface area contributed by atoms with Gasteiger partial charge in [0.1, 0.15) is 0 Å². The van der Waals surface area contributed by atoms with E-state index >= 15 is 0 Å². The number of carbonyl (C=O) groups excluding carboxylic acids is 1. The quantitative estimate of drug-likeness (QED) is 0.831. The summed E-state index contributed by atoms with van der Waals surface area (Å²) in [5, 5.41) is 3.47. The van der Waals surface area contributed by atoms with E-state index in [0.717, 1.165) is 38.4 Å². The third-order valence-corrected chi connectivity index (χ3v) is 4.95. The normalized spacial score (nSPS) is 31.1. The highest BCUT2D eigenvalue weighted by Crippen LogP contribution is 2.27. The van der Waals surface area contributed by atoms with E-state index in [-0.39, 0.29) is 5.91 Å². The molecule has 2 heterocycles. The van der Waals surface area contributed by atoms with E-state index in [9.17, 15) is 4.79 Å². The molecule has 1 aliphatic carbocycles. The number of hydrogen-bond donors (Lipinski definition) is 1. The van der Waals surface area contributed by atoms with E-state index in [1.54, 1.807) is 0 Å².